The summed E-state index contributed by atoms with van der Waals surface area (Å²) in [7, 11) is 1.72. The van der Waals surface area contributed by atoms with Crippen molar-refractivity contribution in [3.63, 3.8) is 0 Å². The number of carboxylic acids is 1. The summed E-state index contributed by atoms with van der Waals surface area (Å²) in [6.45, 7) is 0.541. The summed E-state index contributed by atoms with van der Waals surface area (Å²) < 4.78 is 0. The van der Waals surface area contributed by atoms with Gasteiger partial charge in [0.25, 0.3) is 0 Å². The summed E-state index contributed by atoms with van der Waals surface area (Å²) in [6, 6.07) is 1.53. The van der Waals surface area contributed by atoms with Gasteiger partial charge < -0.3 is 15.3 Å². The highest BCUT2D eigenvalue weighted by molar-refractivity contribution is 7.07. The normalized spacial score (nSPS) is 15.8. The number of carboxylic acid groups (broad SMARTS) is 1. The number of carbonyl (C=O) groups is 2. The van der Waals surface area contributed by atoms with Crippen molar-refractivity contribution in [3.05, 3.63) is 22.4 Å². The third kappa shape index (κ3) is 4.24. The van der Waals surface area contributed by atoms with Gasteiger partial charge in [0.1, 0.15) is 0 Å². The minimum Gasteiger partial charge on any atom is -0.481 e. The van der Waals surface area contributed by atoms with E-state index in [0.29, 0.717) is 12.5 Å². The van der Waals surface area contributed by atoms with Gasteiger partial charge >= 0.3 is 12.0 Å². The van der Waals surface area contributed by atoms with Crippen LogP contribution in [-0.2, 0) is 11.3 Å². The molecule has 2 rings (SSSR count). The van der Waals surface area contributed by atoms with Crippen molar-refractivity contribution in [2.45, 2.75) is 31.8 Å². The number of hydrogen-bond donors (Lipinski definition) is 2. The molecule has 0 aromatic carbocycles. The standard InChI is InChI=1S/C13H18N2O3S/c1-15(7-9-4-5-19-8-9)13(18)14-11(6-12(16)17)10-2-3-10/h4-5,8,10-11H,2-3,6-7H2,1H3,(H,14,18)(H,16,17). The van der Waals surface area contributed by atoms with Gasteiger partial charge in [-0.1, -0.05) is 0 Å². The van der Waals surface area contributed by atoms with E-state index in [0.717, 1.165) is 18.4 Å². The SMILES string of the molecule is CN(Cc1ccsc1)C(=O)NC(CC(=O)O)C1CC1. The maximum atomic E-state index is 12.0. The number of carbonyl (C=O) groups excluding carboxylic acids is 1. The Balaban J connectivity index is 1.85. The Kier molecular flexibility index (Phi) is 4.42. The fourth-order valence-electron chi connectivity index (χ4n) is 2.02. The smallest absolute Gasteiger partial charge is 0.317 e. The first-order valence-corrected chi connectivity index (χ1v) is 7.25. The minimum atomic E-state index is -0.863. The number of nitrogens with zero attached hydrogens (tertiary/aromatic N) is 1. The molecule has 0 spiro atoms. The van der Waals surface area contributed by atoms with Crippen LogP contribution in [0.4, 0.5) is 4.79 Å². The highest BCUT2D eigenvalue weighted by Crippen LogP contribution is 2.34. The average Bonchev–Trinajstić information content (AvgIpc) is 3.07. The van der Waals surface area contributed by atoms with Crippen LogP contribution in [-0.4, -0.2) is 35.1 Å². The van der Waals surface area contributed by atoms with Crippen LogP contribution in [0.2, 0.25) is 0 Å². The Hall–Kier alpha value is -1.56. The molecule has 1 atom stereocenters. The Morgan fingerprint density at radius 1 is 1.58 bits per heavy atom. The fourth-order valence-corrected chi connectivity index (χ4v) is 2.68. The Morgan fingerprint density at radius 3 is 2.84 bits per heavy atom. The first-order chi connectivity index (χ1) is 9.06. The van der Waals surface area contributed by atoms with Crippen LogP contribution in [0.25, 0.3) is 0 Å². The molecule has 1 heterocycles. The second-order valence-corrected chi connectivity index (χ2v) is 5.76. The highest BCUT2D eigenvalue weighted by atomic mass is 32.1. The van der Waals surface area contributed by atoms with Crippen LogP contribution in [0.1, 0.15) is 24.8 Å². The van der Waals surface area contributed by atoms with Crippen LogP contribution in [0.5, 0.6) is 0 Å². The molecule has 0 aliphatic heterocycles. The van der Waals surface area contributed by atoms with E-state index in [-0.39, 0.29) is 18.5 Å². The van der Waals surface area contributed by atoms with Crippen LogP contribution in [0.15, 0.2) is 16.8 Å². The molecule has 1 aromatic rings. The zero-order valence-corrected chi connectivity index (χ0v) is 11.7. The van der Waals surface area contributed by atoms with Crippen molar-refractivity contribution >= 4 is 23.3 Å². The Labute approximate surface area is 116 Å². The van der Waals surface area contributed by atoms with Crippen LogP contribution < -0.4 is 5.32 Å². The molecule has 2 N–H and O–H groups in total. The van der Waals surface area contributed by atoms with Crippen molar-refractivity contribution in [2.75, 3.05) is 7.05 Å². The van der Waals surface area contributed by atoms with Gasteiger partial charge in [-0.25, -0.2) is 4.79 Å². The molecule has 6 heteroatoms. The number of thiophene rings is 1. The molecule has 0 saturated heterocycles. The molecule has 19 heavy (non-hydrogen) atoms. The second-order valence-electron chi connectivity index (χ2n) is 4.98. The third-order valence-corrected chi connectivity index (χ3v) is 3.97. The molecule has 104 valence electrons. The van der Waals surface area contributed by atoms with Gasteiger partial charge in [0.15, 0.2) is 0 Å². The Bertz CT molecular complexity index is 443. The van der Waals surface area contributed by atoms with Crippen LogP contribution in [0, 0.1) is 5.92 Å². The molecule has 1 saturated carbocycles. The van der Waals surface area contributed by atoms with Gasteiger partial charge in [-0.2, -0.15) is 11.3 Å². The summed E-state index contributed by atoms with van der Waals surface area (Å²) in [5.74, 6) is -0.535. The van der Waals surface area contributed by atoms with E-state index in [1.165, 1.54) is 0 Å². The largest absolute Gasteiger partial charge is 0.481 e. The molecule has 5 nitrogen and oxygen atoms in total. The van der Waals surface area contributed by atoms with Gasteiger partial charge in [0, 0.05) is 19.6 Å². The molecule has 1 aliphatic carbocycles. The lowest BCUT2D eigenvalue weighted by Gasteiger charge is -2.22. The van der Waals surface area contributed by atoms with Gasteiger partial charge in [0.2, 0.25) is 0 Å². The number of amides is 2. The lowest BCUT2D eigenvalue weighted by molar-refractivity contribution is -0.137. The maximum absolute atomic E-state index is 12.0. The van der Waals surface area contributed by atoms with Crippen molar-refractivity contribution in [2.24, 2.45) is 5.92 Å². The monoisotopic (exact) mass is 282 g/mol. The average molecular weight is 282 g/mol. The van der Waals surface area contributed by atoms with Gasteiger partial charge in [-0.15, -0.1) is 0 Å². The number of hydrogen-bond acceptors (Lipinski definition) is 3. The zero-order chi connectivity index (χ0) is 13.8. The maximum Gasteiger partial charge on any atom is 0.317 e. The van der Waals surface area contributed by atoms with Crippen molar-refractivity contribution in [1.82, 2.24) is 10.2 Å². The van der Waals surface area contributed by atoms with E-state index >= 15 is 0 Å². The third-order valence-electron chi connectivity index (χ3n) is 3.24. The van der Waals surface area contributed by atoms with Crippen molar-refractivity contribution in [1.29, 1.82) is 0 Å². The van der Waals surface area contributed by atoms with Crippen LogP contribution in [0.3, 0.4) is 0 Å². The minimum absolute atomic E-state index is 0.00268. The summed E-state index contributed by atoms with van der Waals surface area (Å²) in [4.78, 5) is 24.4. The first kappa shape index (κ1) is 13.9. The van der Waals surface area contributed by atoms with E-state index in [2.05, 4.69) is 5.32 Å². The predicted octanol–water partition coefficient (Wildman–Crippen LogP) is 2.14. The highest BCUT2D eigenvalue weighted by Gasteiger charge is 2.34. The van der Waals surface area contributed by atoms with Crippen molar-refractivity contribution < 1.29 is 14.7 Å². The summed E-state index contributed by atoms with van der Waals surface area (Å²) >= 11 is 1.59. The van der Waals surface area contributed by atoms with E-state index in [1.54, 1.807) is 23.3 Å². The molecule has 1 aromatic heterocycles. The zero-order valence-electron chi connectivity index (χ0n) is 10.8. The molecule has 0 radical (unpaired) electrons. The van der Waals surface area contributed by atoms with E-state index < -0.39 is 5.97 Å². The number of rotatable bonds is 6. The fraction of sp³-hybridized carbons (Fsp3) is 0.538. The molecule has 1 fully saturated rings. The molecule has 1 unspecified atom stereocenters. The summed E-state index contributed by atoms with van der Waals surface area (Å²) in [5, 5.41) is 15.7. The number of aliphatic carboxylic acids is 1. The van der Waals surface area contributed by atoms with Crippen LogP contribution >= 0.6 is 11.3 Å². The first-order valence-electron chi connectivity index (χ1n) is 6.30. The molecule has 1 aliphatic rings. The lowest BCUT2D eigenvalue weighted by atomic mass is 10.1. The lowest BCUT2D eigenvalue weighted by Crippen LogP contribution is -2.44. The summed E-state index contributed by atoms with van der Waals surface area (Å²) in [6.07, 6.45) is 2.02. The molecule has 0 bridgehead atoms. The second kappa shape index (κ2) is 6.06. The molecular formula is C13H18N2O3S. The van der Waals surface area contributed by atoms with Gasteiger partial charge in [-0.3, -0.25) is 4.79 Å². The van der Waals surface area contributed by atoms with E-state index in [9.17, 15) is 9.59 Å². The predicted molar refractivity (Wildman–Crippen MR) is 73.1 cm³/mol. The van der Waals surface area contributed by atoms with E-state index in [4.69, 9.17) is 5.11 Å². The molecule has 2 amide bonds. The van der Waals surface area contributed by atoms with Gasteiger partial charge in [0.05, 0.1) is 6.42 Å². The number of urea groups is 1. The van der Waals surface area contributed by atoms with E-state index in [1.807, 2.05) is 16.8 Å². The van der Waals surface area contributed by atoms with Gasteiger partial charge in [-0.05, 0) is 41.1 Å². The van der Waals surface area contributed by atoms with Crippen molar-refractivity contribution in [3.8, 4) is 0 Å². The topological polar surface area (TPSA) is 69.6 Å². The summed E-state index contributed by atoms with van der Waals surface area (Å²) in [5.41, 5.74) is 1.09. The quantitative estimate of drug-likeness (QED) is 0.840. The molecular weight excluding hydrogens is 264 g/mol. The number of nitrogens with one attached hydrogen (secondary N) is 1. The Morgan fingerprint density at radius 2 is 2.32 bits per heavy atom.